The van der Waals surface area contributed by atoms with Gasteiger partial charge in [-0.3, -0.25) is 0 Å². The highest BCUT2D eigenvalue weighted by molar-refractivity contribution is 5.85. The third-order valence-electron chi connectivity index (χ3n) is 4.84. The second kappa shape index (κ2) is 8.15. The first-order valence-electron chi connectivity index (χ1n) is 9.26. The lowest BCUT2D eigenvalue weighted by atomic mass is 9.96. The summed E-state index contributed by atoms with van der Waals surface area (Å²) in [5.74, 6) is 1.32. The molecule has 0 radical (unpaired) electrons. The fourth-order valence-corrected chi connectivity index (χ4v) is 3.37. The predicted octanol–water partition coefficient (Wildman–Crippen LogP) is 5.51. The molecule has 1 unspecified atom stereocenters. The lowest BCUT2D eigenvalue weighted by Crippen LogP contribution is -2.06. The molecular weight excluding hydrogens is 348 g/mol. The van der Waals surface area contributed by atoms with E-state index in [0.29, 0.717) is 23.7 Å². The molecule has 140 valence electrons. The lowest BCUT2D eigenvalue weighted by molar-refractivity contribution is 0.205. The van der Waals surface area contributed by atoms with Crippen LogP contribution in [0, 0.1) is 0 Å². The number of fused-ring (bicyclic) bond motifs is 1. The molecule has 0 heterocycles. The topological polar surface area (TPSA) is 38.7 Å². The molecule has 4 rings (SSSR count). The zero-order valence-corrected chi connectivity index (χ0v) is 15.7. The Labute approximate surface area is 164 Å². The number of aliphatic hydroxyl groups excluding tert-OH is 1. The van der Waals surface area contributed by atoms with E-state index in [2.05, 4.69) is 0 Å². The molecular formula is C25H22O3. The van der Waals surface area contributed by atoms with Crippen molar-refractivity contribution in [3.8, 4) is 11.5 Å². The number of rotatable bonds is 6. The summed E-state index contributed by atoms with van der Waals surface area (Å²) in [5, 5.41) is 13.3. The molecule has 0 aliphatic rings. The molecule has 0 aromatic heterocycles. The average Bonchev–Trinajstić information content (AvgIpc) is 2.77. The highest BCUT2D eigenvalue weighted by Gasteiger charge is 2.20. The summed E-state index contributed by atoms with van der Waals surface area (Å²) in [5.41, 5.74) is 2.51. The molecule has 4 aromatic carbocycles. The molecule has 0 aliphatic heterocycles. The molecule has 4 aromatic rings. The van der Waals surface area contributed by atoms with Crippen molar-refractivity contribution in [1.29, 1.82) is 0 Å². The fraction of sp³-hybridized carbons (Fsp3) is 0.120. The molecule has 0 spiro atoms. The van der Waals surface area contributed by atoms with Crippen molar-refractivity contribution in [2.24, 2.45) is 0 Å². The molecule has 0 saturated carbocycles. The molecule has 0 amide bonds. The Morgan fingerprint density at radius 2 is 1.36 bits per heavy atom. The lowest BCUT2D eigenvalue weighted by Gasteiger charge is -2.19. The maximum atomic E-state index is 11.2. The van der Waals surface area contributed by atoms with Crippen LogP contribution in [-0.2, 0) is 6.61 Å². The SMILES string of the molecule is COc1ccccc1C(O)c1cc2ccccc2cc1OCc1ccccc1. The minimum Gasteiger partial charge on any atom is -0.496 e. The van der Waals surface area contributed by atoms with Gasteiger partial charge < -0.3 is 14.6 Å². The predicted molar refractivity (Wildman–Crippen MR) is 112 cm³/mol. The highest BCUT2D eigenvalue weighted by atomic mass is 16.5. The number of benzene rings is 4. The largest absolute Gasteiger partial charge is 0.496 e. The van der Waals surface area contributed by atoms with Gasteiger partial charge in [-0.25, -0.2) is 0 Å². The van der Waals surface area contributed by atoms with Crippen LogP contribution in [-0.4, -0.2) is 12.2 Å². The normalized spacial score (nSPS) is 11.9. The van der Waals surface area contributed by atoms with Gasteiger partial charge in [0.2, 0.25) is 0 Å². The third kappa shape index (κ3) is 3.71. The summed E-state index contributed by atoms with van der Waals surface area (Å²) in [7, 11) is 1.61. The number of aliphatic hydroxyl groups is 1. The average molecular weight is 370 g/mol. The van der Waals surface area contributed by atoms with Crippen molar-refractivity contribution in [3.63, 3.8) is 0 Å². The van der Waals surface area contributed by atoms with Gasteiger partial charge in [0.05, 0.1) is 7.11 Å². The summed E-state index contributed by atoms with van der Waals surface area (Å²) in [6.45, 7) is 0.435. The van der Waals surface area contributed by atoms with Gasteiger partial charge in [-0.05, 0) is 34.5 Å². The van der Waals surface area contributed by atoms with Crippen LogP contribution in [0.2, 0.25) is 0 Å². The fourth-order valence-electron chi connectivity index (χ4n) is 3.37. The number of ether oxygens (including phenoxy) is 2. The molecule has 0 fully saturated rings. The first kappa shape index (κ1) is 18.1. The van der Waals surface area contributed by atoms with Crippen molar-refractivity contribution in [2.45, 2.75) is 12.7 Å². The van der Waals surface area contributed by atoms with Gasteiger partial charge in [0, 0.05) is 11.1 Å². The quantitative estimate of drug-likeness (QED) is 0.486. The molecule has 1 atom stereocenters. The first-order valence-corrected chi connectivity index (χ1v) is 9.26. The summed E-state index contributed by atoms with van der Waals surface area (Å²) in [6, 6.07) is 29.6. The Kier molecular flexibility index (Phi) is 5.27. The van der Waals surface area contributed by atoms with Gasteiger partial charge in [-0.15, -0.1) is 0 Å². The molecule has 3 nitrogen and oxygen atoms in total. The third-order valence-corrected chi connectivity index (χ3v) is 4.84. The van der Waals surface area contributed by atoms with E-state index in [0.717, 1.165) is 21.9 Å². The van der Waals surface area contributed by atoms with Crippen LogP contribution in [0.1, 0.15) is 22.8 Å². The van der Waals surface area contributed by atoms with Gasteiger partial charge in [0.15, 0.2) is 0 Å². The van der Waals surface area contributed by atoms with Gasteiger partial charge in [0.25, 0.3) is 0 Å². The van der Waals surface area contributed by atoms with Gasteiger partial charge in [-0.2, -0.15) is 0 Å². The van der Waals surface area contributed by atoms with Crippen LogP contribution in [0.15, 0.2) is 91.0 Å². The minimum atomic E-state index is -0.855. The van der Waals surface area contributed by atoms with Crippen LogP contribution < -0.4 is 9.47 Å². The first-order chi connectivity index (χ1) is 13.8. The standard InChI is InChI=1S/C25H22O3/c1-27-23-14-8-7-13-21(23)25(26)22-15-19-11-5-6-12-20(19)16-24(22)28-17-18-9-3-2-4-10-18/h2-16,25-26H,17H2,1H3. The Bertz CT molecular complexity index is 1070. The molecule has 3 heteroatoms. The number of methoxy groups -OCH3 is 1. The van der Waals surface area contributed by atoms with Crippen LogP contribution in [0.5, 0.6) is 11.5 Å². The summed E-state index contributed by atoms with van der Waals surface area (Å²) < 4.78 is 11.6. The Morgan fingerprint density at radius 1 is 0.714 bits per heavy atom. The van der Waals surface area contributed by atoms with E-state index in [9.17, 15) is 5.11 Å². The van der Waals surface area contributed by atoms with E-state index < -0.39 is 6.10 Å². The molecule has 1 N–H and O–H groups in total. The Balaban J connectivity index is 1.76. The smallest absolute Gasteiger partial charge is 0.126 e. The van der Waals surface area contributed by atoms with E-state index in [-0.39, 0.29) is 0 Å². The van der Waals surface area contributed by atoms with E-state index in [1.54, 1.807) is 7.11 Å². The molecule has 0 bridgehead atoms. The zero-order valence-electron chi connectivity index (χ0n) is 15.7. The van der Waals surface area contributed by atoms with E-state index in [1.165, 1.54) is 0 Å². The van der Waals surface area contributed by atoms with Crippen LogP contribution in [0.25, 0.3) is 10.8 Å². The summed E-state index contributed by atoms with van der Waals surface area (Å²) in [4.78, 5) is 0. The van der Waals surface area contributed by atoms with Crippen molar-refractivity contribution in [3.05, 3.63) is 108 Å². The monoisotopic (exact) mass is 370 g/mol. The summed E-state index contributed by atoms with van der Waals surface area (Å²) >= 11 is 0. The second-order valence-electron chi connectivity index (χ2n) is 6.66. The van der Waals surface area contributed by atoms with Gasteiger partial charge in [0.1, 0.15) is 24.2 Å². The Hall–Kier alpha value is -3.30. The number of para-hydroxylation sites is 1. The van der Waals surface area contributed by atoms with Gasteiger partial charge >= 0.3 is 0 Å². The van der Waals surface area contributed by atoms with E-state index in [4.69, 9.17) is 9.47 Å². The summed E-state index contributed by atoms with van der Waals surface area (Å²) in [6.07, 6.45) is -0.855. The zero-order chi connectivity index (χ0) is 19.3. The number of hydrogen-bond acceptors (Lipinski definition) is 3. The van der Waals surface area contributed by atoms with E-state index in [1.807, 2.05) is 91.0 Å². The van der Waals surface area contributed by atoms with Crippen molar-refractivity contribution in [2.75, 3.05) is 7.11 Å². The van der Waals surface area contributed by atoms with Crippen molar-refractivity contribution >= 4 is 10.8 Å². The van der Waals surface area contributed by atoms with Crippen LogP contribution in [0.3, 0.4) is 0 Å². The maximum absolute atomic E-state index is 11.2. The van der Waals surface area contributed by atoms with E-state index >= 15 is 0 Å². The molecule has 28 heavy (non-hydrogen) atoms. The van der Waals surface area contributed by atoms with Crippen molar-refractivity contribution < 1.29 is 14.6 Å². The minimum absolute atomic E-state index is 0.435. The van der Waals surface area contributed by atoms with Gasteiger partial charge in [-0.1, -0.05) is 72.8 Å². The maximum Gasteiger partial charge on any atom is 0.126 e. The number of hydrogen-bond donors (Lipinski definition) is 1. The highest BCUT2D eigenvalue weighted by Crippen LogP contribution is 2.37. The van der Waals surface area contributed by atoms with Crippen LogP contribution in [0.4, 0.5) is 0 Å². The molecule has 0 saturated heterocycles. The van der Waals surface area contributed by atoms with Crippen molar-refractivity contribution in [1.82, 2.24) is 0 Å². The van der Waals surface area contributed by atoms with Crippen LogP contribution >= 0.6 is 0 Å². The second-order valence-corrected chi connectivity index (χ2v) is 6.66. The Morgan fingerprint density at radius 3 is 2.11 bits per heavy atom. The molecule has 0 aliphatic carbocycles.